The van der Waals surface area contributed by atoms with Crippen molar-refractivity contribution in [3.8, 4) is 0 Å². The normalized spacial score (nSPS) is 37.3. The molecule has 2 rings (SSSR count). The maximum absolute atomic E-state index is 12.1. The zero-order valence-corrected chi connectivity index (χ0v) is 13.4. The van der Waals surface area contributed by atoms with Crippen molar-refractivity contribution in [2.75, 3.05) is 12.0 Å². The highest BCUT2D eigenvalue weighted by Gasteiger charge is 2.62. The first kappa shape index (κ1) is 15.2. The van der Waals surface area contributed by atoms with Crippen LogP contribution in [0.5, 0.6) is 0 Å². The van der Waals surface area contributed by atoms with Gasteiger partial charge in [0.05, 0.1) is 0 Å². The lowest BCUT2D eigenvalue weighted by Gasteiger charge is -2.38. The van der Waals surface area contributed by atoms with Crippen molar-refractivity contribution >= 4 is 17.7 Å². The van der Waals surface area contributed by atoms with E-state index in [2.05, 4.69) is 20.8 Å². The van der Waals surface area contributed by atoms with Crippen LogP contribution in [0.25, 0.3) is 0 Å². The number of carbonyl (C=O) groups is 1. The van der Waals surface area contributed by atoms with Gasteiger partial charge in [0.25, 0.3) is 0 Å². The Hall–Kier alpha value is -0.220. The van der Waals surface area contributed by atoms with Gasteiger partial charge in [-0.05, 0) is 49.0 Å². The molecule has 3 nitrogen and oxygen atoms in total. The van der Waals surface area contributed by atoms with Gasteiger partial charge >= 0.3 is 5.97 Å². The molecule has 0 heterocycles. The number of carbonyl (C=O) groups excluding carboxylic acids is 1. The van der Waals surface area contributed by atoms with Gasteiger partial charge in [0.15, 0.2) is 0 Å². The molecule has 0 aliphatic heterocycles. The first-order valence-corrected chi connectivity index (χ1v) is 8.67. The molecule has 0 radical (unpaired) electrons. The van der Waals surface area contributed by atoms with Crippen LogP contribution in [0.4, 0.5) is 0 Å². The van der Waals surface area contributed by atoms with E-state index in [0.29, 0.717) is 12.3 Å². The third-order valence-electron chi connectivity index (χ3n) is 5.91. The smallest absolute Gasteiger partial charge is 0.323 e. The fourth-order valence-electron chi connectivity index (χ4n) is 3.90. The van der Waals surface area contributed by atoms with Crippen molar-refractivity contribution in [1.82, 2.24) is 0 Å². The number of ether oxygens (including phenoxy) is 1. The summed E-state index contributed by atoms with van der Waals surface area (Å²) in [6.45, 7) is 6.93. The molecule has 2 saturated carbocycles. The molecular weight excluding hydrogens is 258 g/mol. The van der Waals surface area contributed by atoms with Crippen molar-refractivity contribution in [2.45, 2.75) is 58.6 Å². The van der Waals surface area contributed by atoms with Gasteiger partial charge in [0, 0.05) is 5.41 Å². The quantitative estimate of drug-likeness (QED) is 0.789. The molecule has 2 fully saturated rings. The van der Waals surface area contributed by atoms with Gasteiger partial charge in [-0.2, -0.15) is 11.8 Å². The first-order valence-electron chi connectivity index (χ1n) is 7.28. The molecule has 2 bridgehead atoms. The minimum Gasteiger partial charge on any atom is -0.461 e. The number of rotatable bonds is 5. The van der Waals surface area contributed by atoms with Gasteiger partial charge < -0.3 is 10.5 Å². The highest BCUT2D eigenvalue weighted by atomic mass is 32.2. The van der Waals surface area contributed by atoms with Crippen LogP contribution >= 0.6 is 11.8 Å². The minimum atomic E-state index is -0.460. The zero-order chi connectivity index (χ0) is 14.3. The summed E-state index contributed by atoms with van der Waals surface area (Å²) in [6, 6.07) is -0.460. The maximum atomic E-state index is 12.1. The number of hydrogen-bond donors (Lipinski definition) is 1. The zero-order valence-electron chi connectivity index (χ0n) is 12.6. The monoisotopic (exact) mass is 285 g/mol. The third-order valence-corrected chi connectivity index (χ3v) is 6.55. The van der Waals surface area contributed by atoms with Crippen LogP contribution in [0.15, 0.2) is 0 Å². The Morgan fingerprint density at radius 2 is 2.16 bits per heavy atom. The van der Waals surface area contributed by atoms with Crippen LogP contribution < -0.4 is 5.73 Å². The molecule has 110 valence electrons. The number of esters is 1. The van der Waals surface area contributed by atoms with Crippen molar-refractivity contribution in [1.29, 1.82) is 0 Å². The summed E-state index contributed by atoms with van der Waals surface area (Å²) in [4.78, 5) is 12.1. The SMILES string of the molecule is CSCCC(N)C(=O)OC1CC2CCC1(C)C2(C)C. The summed E-state index contributed by atoms with van der Waals surface area (Å²) in [5.41, 5.74) is 6.31. The highest BCUT2D eigenvalue weighted by Crippen LogP contribution is 2.66. The fourth-order valence-corrected chi connectivity index (χ4v) is 4.39. The summed E-state index contributed by atoms with van der Waals surface area (Å²) >= 11 is 1.71. The minimum absolute atomic E-state index is 0.0640. The number of thioether (sulfide) groups is 1. The van der Waals surface area contributed by atoms with E-state index in [9.17, 15) is 4.79 Å². The van der Waals surface area contributed by atoms with Gasteiger partial charge in [-0.15, -0.1) is 0 Å². The average Bonchev–Trinajstić information content (AvgIpc) is 2.68. The standard InChI is InChI=1S/C15H27NO2S/c1-14(2)10-5-7-15(14,3)12(9-10)18-13(17)11(16)6-8-19-4/h10-12H,5-9,16H2,1-4H3. The van der Waals surface area contributed by atoms with E-state index in [0.717, 1.165) is 12.2 Å². The van der Waals surface area contributed by atoms with E-state index in [1.54, 1.807) is 11.8 Å². The van der Waals surface area contributed by atoms with Crippen molar-refractivity contribution in [3.63, 3.8) is 0 Å². The van der Waals surface area contributed by atoms with Gasteiger partial charge in [0.2, 0.25) is 0 Å². The average molecular weight is 285 g/mol. The number of fused-ring (bicyclic) bond motifs is 2. The Balaban J connectivity index is 1.96. The van der Waals surface area contributed by atoms with E-state index >= 15 is 0 Å². The molecular formula is C15H27NO2S. The van der Waals surface area contributed by atoms with E-state index in [-0.39, 0.29) is 22.9 Å². The van der Waals surface area contributed by atoms with Gasteiger partial charge in [-0.1, -0.05) is 20.8 Å². The van der Waals surface area contributed by atoms with E-state index < -0.39 is 6.04 Å². The number of hydrogen-bond acceptors (Lipinski definition) is 4. The molecule has 19 heavy (non-hydrogen) atoms. The number of nitrogens with two attached hydrogens (primary N) is 1. The summed E-state index contributed by atoms with van der Waals surface area (Å²) in [5.74, 6) is 1.40. The fraction of sp³-hybridized carbons (Fsp3) is 0.933. The molecule has 0 saturated heterocycles. The molecule has 2 aliphatic carbocycles. The van der Waals surface area contributed by atoms with Crippen LogP contribution in [0.3, 0.4) is 0 Å². The van der Waals surface area contributed by atoms with Crippen molar-refractivity contribution in [3.05, 3.63) is 0 Å². The topological polar surface area (TPSA) is 52.3 Å². The maximum Gasteiger partial charge on any atom is 0.323 e. The molecule has 0 spiro atoms. The molecule has 0 amide bonds. The van der Waals surface area contributed by atoms with E-state index in [4.69, 9.17) is 10.5 Å². The van der Waals surface area contributed by atoms with Gasteiger partial charge in [-0.25, -0.2) is 0 Å². The van der Waals surface area contributed by atoms with Crippen LogP contribution in [-0.2, 0) is 9.53 Å². The van der Waals surface area contributed by atoms with E-state index in [1.165, 1.54) is 12.8 Å². The van der Waals surface area contributed by atoms with Crippen molar-refractivity contribution < 1.29 is 9.53 Å². The predicted octanol–water partition coefficient (Wildman–Crippen LogP) is 2.82. The Morgan fingerprint density at radius 3 is 2.63 bits per heavy atom. The third kappa shape index (κ3) is 2.42. The van der Waals surface area contributed by atoms with Gasteiger partial charge in [-0.3, -0.25) is 4.79 Å². The summed E-state index contributed by atoms with van der Waals surface area (Å²) < 4.78 is 5.77. The predicted molar refractivity (Wildman–Crippen MR) is 80.1 cm³/mol. The van der Waals surface area contributed by atoms with Crippen LogP contribution in [0, 0.1) is 16.7 Å². The second kappa shape index (κ2) is 5.28. The molecule has 2 aliphatic rings. The van der Waals surface area contributed by atoms with Crippen LogP contribution in [0.2, 0.25) is 0 Å². The lowest BCUT2D eigenvalue weighted by atomic mass is 9.70. The lowest BCUT2D eigenvalue weighted by Crippen LogP contribution is -2.42. The Morgan fingerprint density at radius 1 is 1.47 bits per heavy atom. The van der Waals surface area contributed by atoms with Crippen LogP contribution in [0.1, 0.15) is 46.5 Å². The highest BCUT2D eigenvalue weighted by molar-refractivity contribution is 7.98. The molecule has 0 aromatic carbocycles. The Labute approximate surface area is 121 Å². The van der Waals surface area contributed by atoms with Crippen molar-refractivity contribution in [2.24, 2.45) is 22.5 Å². The molecule has 4 atom stereocenters. The Kier molecular flexibility index (Phi) is 4.22. The summed E-state index contributed by atoms with van der Waals surface area (Å²) in [7, 11) is 0. The molecule has 4 heteroatoms. The lowest BCUT2D eigenvalue weighted by molar-refractivity contribution is -0.158. The second-order valence-corrected chi connectivity index (χ2v) is 7.91. The molecule has 2 N–H and O–H groups in total. The summed E-state index contributed by atoms with van der Waals surface area (Å²) in [6.07, 6.45) is 6.26. The largest absolute Gasteiger partial charge is 0.461 e. The molecule has 0 aromatic rings. The Bertz CT molecular complexity index is 358. The van der Waals surface area contributed by atoms with E-state index in [1.807, 2.05) is 6.26 Å². The molecule has 4 unspecified atom stereocenters. The second-order valence-electron chi connectivity index (χ2n) is 6.92. The summed E-state index contributed by atoms with van der Waals surface area (Å²) in [5, 5.41) is 0. The van der Waals surface area contributed by atoms with Crippen LogP contribution in [-0.4, -0.2) is 30.1 Å². The molecule has 0 aromatic heterocycles. The van der Waals surface area contributed by atoms with Gasteiger partial charge in [0.1, 0.15) is 12.1 Å². The first-order chi connectivity index (χ1) is 8.83.